The first-order valence-corrected chi connectivity index (χ1v) is 19.0. The molecule has 0 aliphatic heterocycles. The van der Waals surface area contributed by atoms with Crippen LogP contribution in [0.4, 0.5) is 11.6 Å². The molecule has 0 amide bonds. The minimum atomic E-state index is -0.603. The van der Waals surface area contributed by atoms with Gasteiger partial charge in [-0.15, -0.1) is 11.3 Å². The van der Waals surface area contributed by atoms with E-state index in [1.807, 2.05) is 30.6 Å². The number of furan rings is 1. The Hall–Kier alpha value is -5.42. The Morgan fingerprint density at radius 3 is 2.13 bits per heavy atom. The van der Waals surface area contributed by atoms with Gasteiger partial charge in [0.2, 0.25) is 0 Å². The Balaban J connectivity index is 1.46. The van der Waals surface area contributed by atoms with E-state index in [-0.39, 0.29) is 5.41 Å². The van der Waals surface area contributed by atoms with Crippen LogP contribution in [0.25, 0.3) is 38.9 Å². The van der Waals surface area contributed by atoms with Gasteiger partial charge in [-0.05, 0) is 67.7 Å². The van der Waals surface area contributed by atoms with Gasteiger partial charge in [0.15, 0.2) is 5.58 Å². The minimum Gasteiger partial charge on any atom is -0.459 e. The van der Waals surface area contributed by atoms with Crippen molar-refractivity contribution in [1.82, 2.24) is 24.1 Å². The number of nitrogen functional groups attached to an aromatic ring is 2. The Morgan fingerprint density at radius 1 is 0.815 bits per heavy atom. The molecule has 11 heteroatoms. The van der Waals surface area contributed by atoms with E-state index in [1.165, 1.54) is 16.0 Å². The van der Waals surface area contributed by atoms with Crippen LogP contribution in [0, 0.1) is 6.92 Å². The summed E-state index contributed by atoms with van der Waals surface area (Å²) in [6.45, 7) is 24.5. The molecular weight excluding hydrogens is 691 g/mol. The molecule has 1 unspecified atom stereocenters. The molecule has 7 rings (SSSR count). The highest BCUT2D eigenvalue weighted by molar-refractivity contribution is 7.12. The lowest BCUT2D eigenvalue weighted by Gasteiger charge is -2.53. The van der Waals surface area contributed by atoms with E-state index in [9.17, 15) is 0 Å². The number of anilines is 2. The molecule has 0 saturated carbocycles. The van der Waals surface area contributed by atoms with Gasteiger partial charge >= 0.3 is 0 Å². The van der Waals surface area contributed by atoms with Crippen molar-refractivity contribution in [3.05, 3.63) is 105 Å². The van der Waals surface area contributed by atoms with Crippen molar-refractivity contribution >= 4 is 68.5 Å². The minimum absolute atomic E-state index is 0.00268. The molecule has 0 aliphatic rings. The number of aromatic nitrogens is 5. The second-order valence-corrected chi connectivity index (χ2v) is 18.1. The van der Waals surface area contributed by atoms with Crippen molar-refractivity contribution in [3.8, 4) is 0 Å². The largest absolute Gasteiger partial charge is 0.459 e. The van der Waals surface area contributed by atoms with E-state index in [0.29, 0.717) is 29.6 Å². The molecule has 0 fully saturated rings. The van der Waals surface area contributed by atoms with E-state index < -0.39 is 16.2 Å². The monoisotopic (exact) mass is 741 g/mol. The Morgan fingerprint density at radius 2 is 1.44 bits per heavy atom. The summed E-state index contributed by atoms with van der Waals surface area (Å²) >= 11 is 1.76. The van der Waals surface area contributed by atoms with E-state index in [2.05, 4.69) is 131 Å². The predicted octanol–water partition coefficient (Wildman–Crippen LogP) is 9.12. The van der Waals surface area contributed by atoms with Crippen molar-refractivity contribution < 1.29 is 4.42 Å². The summed E-state index contributed by atoms with van der Waals surface area (Å²) in [6.07, 6.45) is 7.47. The average Bonchev–Trinajstić information content (AvgIpc) is 3.87. The van der Waals surface area contributed by atoms with Crippen LogP contribution in [0.5, 0.6) is 0 Å². The maximum Gasteiger partial charge on any atom is 0.152 e. The molecule has 1 atom stereocenters. The Kier molecular flexibility index (Phi) is 8.60. The fraction of sp³-hybridized carbons (Fsp3) is 0.349. The summed E-state index contributed by atoms with van der Waals surface area (Å²) in [7, 11) is 2.12. The first-order chi connectivity index (χ1) is 25.3. The number of aliphatic imine (C=N–C) groups is 1. The Bertz CT molecular complexity index is 2620. The molecule has 7 heterocycles. The van der Waals surface area contributed by atoms with Crippen LogP contribution in [0.2, 0.25) is 0 Å². The highest BCUT2D eigenvalue weighted by atomic mass is 32.1. The van der Waals surface area contributed by atoms with Crippen molar-refractivity contribution in [1.29, 1.82) is 0 Å². The van der Waals surface area contributed by atoms with E-state index in [4.69, 9.17) is 26.6 Å². The summed E-state index contributed by atoms with van der Waals surface area (Å²) < 4.78 is 11.3. The summed E-state index contributed by atoms with van der Waals surface area (Å²) in [5.74, 6) is 2.12. The second-order valence-electron chi connectivity index (χ2n) is 16.8. The standard InChI is InChI=1S/C43H51N9OS/c1-24-25(17-37(44)47-10)16-36(54-24)43(9,42(7,8)35-15-28-19-39(46)50-22-32(28)53-35)41(5,6)34-14-27-18-38(45)49-21-31(27)52(34)23-29-12-26-13-33(40(2,3)4)51(11)30(26)20-48-29/h12-22H,10,23,44H2,1-9,11H3,(H2,45,49)(H2,46,50)/b37-17-. The third-order valence-electron chi connectivity index (χ3n) is 12.0. The SMILES string of the molecule is C=N/C(N)=C\c1cc(C(C)(C(C)(C)c2cc3cc(N)ncc3o2)C(C)(C)c2cc3cc(N)ncc3n2Cc2cc3cc(C(C)(C)C)n(C)c3cn2)sc1C. The van der Waals surface area contributed by atoms with E-state index >= 15 is 0 Å². The third-order valence-corrected chi connectivity index (χ3v) is 13.3. The van der Waals surface area contributed by atoms with Crippen LogP contribution in [-0.4, -0.2) is 30.8 Å². The average molecular weight is 742 g/mol. The number of thiophene rings is 1. The van der Waals surface area contributed by atoms with Gasteiger partial charge in [0.05, 0.1) is 41.9 Å². The van der Waals surface area contributed by atoms with Crippen LogP contribution >= 0.6 is 11.3 Å². The van der Waals surface area contributed by atoms with Crippen LogP contribution in [0.3, 0.4) is 0 Å². The number of aryl methyl sites for hydroxylation is 2. The number of fused-ring (bicyclic) bond motifs is 3. The molecule has 7 aromatic heterocycles. The Labute approximate surface area is 320 Å². The fourth-order valence-corrected chi connectivity index (χ4v) is 9.84. The number of hydrogen-bond acceptors (Lipinski definition) is 9. The van der Waals surface area contributed by atoms with E-state index in [0.717, 1.165) is 49.4 Å². The molecule has 0 saturated heterocycles. The van der Waals surface area contributed by atoms with Gasteiger partial charge in [0.1, 0.15) is 23.2 Å². The van der Waals surface area contributed by atoms with Gasteiger partial charge in [-0.3, -0.25) is 4.98 Å². The third kappa shape index (κ3) is 5.76. The molecular formula is C43H51N9OS. The molecule has 0 spiro atoms. The highest BCUT2D eigenvalue weighted by Crippen LogP contribution is 2.58. The molecule has 0 radical (unpaired) electrons. The molecule has 7 aromatic rings. The molecule has 280 valence electrons. The number of pyridine rings is 3. The molecule has 0 aromatic carbocycles. The summed E-state index contributed by atoms with van der Waals surface area (Å²) in [5, 5.41) is 3.10. The van der Waals surface area contributed by atoms with Gasteiger partial charge in [-0.1, -0.05) is 55.4 Å². The maximum absolute atomic E-state index is 6.67. The number of hydrogen-bond donors (Lipinski definition) is 3. The topological polar surface area (TPSA) is 152 Å². The van der Waals surface area contributed by atoms with Crippen LogP contribution in [0.15, 0.2) is 76.3 Å². The number of nitrogens with zero attached hydrogens (tertiary/aromatic N) is 6. The predicted molar refractivity (Wildman–Crippen MR) is 225 cm³/mol. The van der Waals surface area contributed by atoms with Gasteiger partial charge in [-0.2, -0.15) is 0 Å². The van der Waals surface area contributed by atoms with Crippen LogP contribution in [-0.2, 0) is 35.3 Å². The van der Waals surface area contributed by atoms with E-state index in [1.54, 1.807) is 17.5 Å². The van der Waals surface area contributed by atoms with Gasteiger partial charge in [-0.25, -0.2) is 15.0 Å². The molecule has 0 aliphatic carbocycles. The lowest BCUT2D eigenvalue weighted by Crippen LogP contribution is -2.55. The molecule has 54 heavy (non-hydrogen) atoms. The summed E-state index contributed by atoms with van der Waals surface area (Å²) in [5.41, 5.74) is 24.0. The van der Waals surface area contributed by atoms with Crippen LogP contribution in [0.1, 0.15) is 93.5 Å². The zero-order valence-electron chi connectivity index (χ0n) is 33.0. The maximum atomic E-state index is 6.67. The highest BCUT2D eigenvalue weighted by Gasteiger charge is 2.57. The quantitative estimate of drug-likeness (QED) is 0.125. The number of rotatable bonds is 9. The van der Waals surface area contributed by atoms with Crippen molar-refractivity contribution in [2.45, 2.75) is 90.5 Å². The smallest absolute Gasteiger partial charge is 0.152 e. The van der Waals surface area contributed by atoms with Crippen molar-refractivity contribution in [2.75, 3.05) is 11.5 Å². The first-order valence-electron chi connectivity index (χ1n) is 18.2. The molecule has 10 nitrogen and oxygen atoms in total. The molecule has 6 N–H and O–H groups in total. The number of nitrogens with two attached hydrogens (primary N) is 3. The normalized spacial score (nSPS) is 14.4. The molecule has 0 bridgehead atoms. The fourth-order valence-electron chi connectivity index (χ4n) is 8.37. The zero-order valence-corrected chi connectivity index (χ0v) is 33.8. The van der Waals surface area contributed by atoms with Gasteiger partial charge < -0.3 is 30.8 Å². The lowest BCUT2D eigenvalue weighted by atomic mass is 9.51. The van der Waals surface area contributed by atoms with Gasteiger partial charge in [0, 0.05) is 66.0 Å². The first kappa shape index (κ1) is 36.9. The lowest BCUT2D eigenvalue weighted by molar-refractivity contribution is 0.140. The summed E-state index contributed by atoms with van der Waals surface area (Å²) in [4.78, 5) is 20.2. The van der Waals surface area contributed by atoms with Crippen molar-refractivity contribution in [2.24, 2.45) is 17.8 Å². The van der Waals surface area contributed by atoms with Gasteiger partial charge in [0.25, 0.3) is 0 Å². The zero-order chi connectivity index (χ0) is 39.1. The van der Waals surface area contributed by atoms with Crippen molar-refractivity contribution in [3.63, 3.8) is 0 Å². The summed E-state index contributed by atoms with van der Waals surface area (Å²) in [6, 6.07) is 14.9. The van der Waals surface area contributed by atoms with Crippen LogP contribution < -0.4 is 17.2 Å². The second kappa shape index (κ2) is 12.6.